The molecule has 0 heterocycles. The zero-order valence-corrected chi connectivity index (χ0v) is 13.9. The second-order valence-electron chi connectivity index (χ2n) is 5.62. The summed E-state index contributed by atoms with van der Waals surface area (Å²) in [4.78, 5) is 12.3. The van der Waals surface area contributed by atoms with Crippen molar-refractivity contribution in [3.8, 4) is 6.07 Å². The fourth-order valence-electron chi connectivity index (χ4n) is 2.20. The van der Waals surface area contributed by atoms with Gasteiger partial charge in [0.1, 0.15) is 11.9 Å². The molecule has 136 valence electrons. The molecule has 6 nitrogen and oxygen atoms in total. The second-order valence-corrected chi connectivity index (χ2v) is 5.62. The molecule has 8 heteroatoms. The molecule has 0 aliphatic rings. The number of aliphatic hydroxyl groups excluding tert-OH is 2. The first-order chi connectivity index (χ1) is 12.4. The van der Waals surface area contributed by atoms with Gasteiger partial charge >= 0.3 is 0 Å². The summed E-state index contributed by atoms with van der Waals surface area (Å²) >= 11 is 0. The average Bonchev–Trinajstić information content (AvgIpc) is 2.62. The van der Waals surface area contributed by atoms with Crippen molar-refractivity contribution >= 4 is 17.3 Å². The number of hydrogen-bond donors (Lipinski definition) is 4. The number of aliphatic hydroxyl groups is 2. The lowest BCUT2D eigenvalue weighted by Crippen LogP contribution is -2.34. The van der Waals surface area contributed by atoms with E-state index in [1.54, 1.807) is 19.1 Å². The van der Waals surface area contributed by atoms with E-state index in [4.69, 9.17) is 10.4 Å². The standard InChI is InChI=1S/C18H17F2N3O3/c1-10-2-5-15(14(19)6-10)23-17-13(4-3-11(7-21)16(17)20)18(26)22-8-12(25)9-24/h2-6,12,23-25H,8-9H2,1H3,(H,22,26). The molecule has 0 bridgehead atoms. The second kappa shape index (κ2) is 8.38. The molecule has 0 spiro atoms. The maximum atomic E-state index is 14.6. The quantitative estimate of drug-likeness (QED) is 0.630. The van der Waals surface area contributed by atoms with Crippen LogP contribution < -0.4 is 10.6 Å². The molecule has 0 aliphatic carbocycles. The largest absolute Gasteiger partial charge is 0.394 e. The number of benzene rings is 2. The van der Waals surface area contributed by atoms with Crippen molar-refractivity contribution < 1.29 is 23.8 Å². The third-order valence-electron chi connectivity index (χ3n) is 3.60. The fraction of sp³-hybridized carbons (Fsp3) is 0.222. The Labute approximate surface area is 148 Å². The highest BCUT2D eigenvalue weighted by Gasteiger charge is 2.20. The molecule has 2 rings (SSSR count). The van der Waals surface area contributed by atoms with Gasteiger partial charge in [-0.15, -0.1) is 0 Å². The van der Waals surface area contributed by atoms with Crippen LogP contribution in [0, 0.1) is 29.9 Å². The predicted molar refractivity (Wildman–Crippen MR) is 91.0 cm³/mol. The fourth-order valence-corrected chi connectivity index (χ4v) is 2.20. The van der Waals surface area contributed by atoms with Gasteiger partial charge in [0, 0.05) is 6.54 Å². The highest BCUT2D eigenvalue weighted by Crippen LogP contribution is 2.28. The first-order valence-corrected chi connectivity index (χ1v) is 7.70. The first kappa shape index (κ1) is 19.3. The van der Waals surface area contributed by atoms with Gasteiger partial charge in [0.25, 0.3) is 5.91 Å². The van der Waals surface area contributed by atoms with E-state index >= 15 is 0 Å². The zero-order chi connectivity index (χ0) is 19.3. The number of rotatable bonds is 6. The van der Waals surface area contributed by atoms with Crippen molar-refractivity contribution in [2.75, 3.05) is 18.5 Å². The predicted octanol–water partition coefficient (Wildman–Crippen LogP) is 1.97. The highest BCUT2D eigenvalue weighted by atomic mass is 19.1. The highest BCUT2D eigenvalue weighted by molar-refractivity contribution is 6.00. The van der Waals surface area contributed by atoms with Crippen molar-refractivity contribution in [3.63, 3.8) is 0 Å². The number of carbonyl (C=O) groups excluding carboxylic acids is 1. The summed E-state index contributed by atoms with van der Waals surface area (Å²) in [6, 6.07) is 8.24. The molecule has 0 saturated heterocycles. The topological polar surface area (TPSA) is 105 Å². The Morgan fingerprint density at radius 3 is 2.65 bits per heavy atom. The lowest BCUT2D eigenvalue weighted by molar-refractivity contribution is 0.0802. The number of nitriles is 1. The minimum atomic E-state index is -1.17. The van der Waals surface area contributed by atoms with Crippen LogP contribution in [0.4, 0.5) is 20.2 Å². The molecule has 2 aromatic carbocycles. The lowest BCUT2D eigenvalue weighted by Gasteiger charge is -2.15. The van der Waals surface area contributed by atoms with Crippen molar-refractivity contribution in [2.45, 2.75) is 13.0 Å². The molecule has 0 aromatic heterocycles. The van der Waals surface area contributed by atoms with E-state index < -0.39 is 30.3 Å². The number of anilines is 2. The average molecular weight is 361 g/mol. The minimum absolute atomic E-state index is 0.0611. The Morgan fingerprint density at radius 1 is 1.31 bits per heavy atom. The Morgan fingerprint density at radius 2 is 2.04 bits per heavy atom. The third-order valence-corrected chi connectivity index (χ3v) is 3.60. The Balaban J connectivity index is 2.41. The number of halogens is 2. The van der Waals surface area contributed by atoms with Crippen LogP contribution in [0.5, 0.6) is 0 Å². The molecule has 1 unspecified atom stereocenters. The number of carbonyl (C=O) groups is 1. The zero-order valence-electron chi connectivity index (χ0n) is 13.9. The van der Waals surface area contributed by atoms with Gasteiger partial charge < -0.3 is 20.8 Å². The van der Waals surface area contributed by atoms with Gasteiger partial charge in [-0.25, -0.2) is 8.78 Å². The van der Waals surface area contributed by atoms with Crippen LogP contribution in [-0.4, -0.2) is 35.4 Å². The van der Waals surface area contributed by atoms with Crippen molar-refractivity contribution in [2.24, 2.45) is 0 Å². The maximum Gasteiger partial charge on any atom is 0.253 e. The van der Waals surface area contributed by atoms with Gasteiger partial charge in [-0.2, -0.15) is 5.26 Å². The van der Waals surface area contributed by atoms with Gasteiger partial charge in [0.05, 0.1) is 35.2 Å². The van der Waals surface area contributed by atoms with E-state index in [0.717, 1.165) is 6.07 Å². The van der Waals surface area contributed by atoms with E-state index in [-0.39, 0.29) is 29.0 Å². The maximum absolute atomic E-state index is 14.6. The molecule has 4 N–H and O–H groups in total. The minimum Gasteiger partial charge on any atom is -0.394 e. The molecule has 2 aromatic rings. The van der Waals surface area contributed by atoms with Crippen molar-refractivity contribution in [1.29, 1.82) is 5.26 Å². The summed E-state index contributed by atoms with van der Waals surface area (Å²) in [5.74, 6) is -2.40. The Hall–Kier alpha value is -3.02. The SMILES string of the molecule is Cc1ccc(Nc2c(C(=O)NCC(O)CO)ccc(C#N)c2F)c(F)c1. The van der Waals surface area contributed by atoms with Crippen LogP contribution in [0.25, 0.3) is 0 Å². The Bertz CT molecular complexity index is 865. The monoisotopic (exact) mass is 361 g/mol. The third kappa shape index (κ3) is 4.33. The number of hydrogen-bond acceptors (Lipinski definition) is 5. The number of aryl methyl sites for hydroxylation is 1. The van der Waals surface area contributed by atoms with Crippen LogP contribution in [0.15, 0.2) is 30.3 Å². The smallest absolute Gasteiger partial charge is 0.253 e. The van der Waals surface area contributed by atoms with E-state index in [0.29, 0.717) is 5.56 Å². The van der Waals surface area contributed by atoms with Crippen LogP contribution >= 0.6 is 0 Å². The van der Waals surface area contributed by atoms with Crippen molar-refractivity contribution in [1.82, 2.24) is 5.32 Å². The molecule has 0 saturated carbocycles. The van der Waals surface area contributed by atoms with E-state index in [9.17, 15) is 18.7 Å². The number of nitrogens with one attached hydrogen (secondary N) is 2. The molecular formula is C18H17F2N3O3. The summed E-state index contributed by atoms with van der Waals surface area (Å²) in [5.41, 5.74) is -0.245. The van der Waals surface area contributed by atoms with Crippen molar-refractivity contribution in [3.05, 3.63) is 58.7 Å². The molecule has 0 aliphatic heterocycles. The van der Waals surface area contributed by atoms with E-state index in [2.05, 4.69) is 10.6 Å². The van der Waals surface area contributed by atoms with Crippen LogP contribution in [0.3, 0.4) is 0 Å². The van der Waals surface area contributed by atoms with Crippen LogP contribution in [0.1, 0.15) is 21.5 Å². The summed E-state index contributed by atoms with van der Waals surface area (Å²) in [7, 11) is 0. The molecule has 1 atom stereocenters. The van der Waals surface area contributed by atoms with Crippen LogP contribution in [0.2, 0.25) is 0 Å². The van der Waals surface area contributed by atoms with Gasteiger partial charge in [0.15, 0.2) is 5.82 Å². The molecule has 1 amide bonds. The summed E-state index contributed by atoms with van der Waals surface area (Å²) in [5, 5.41) is 31.9. The van der Waals surface area contributed by atoms with Gasteiger partial charge in [-0.1, -0.05) is 6.07 Å². The molecule has 0 radical (unpaired) electrons. The van der Waals surface area contributed by atoms with Gasteiger partial charge in [-0.05, 0) is 36.8 Å². The molecule has 26 heavy (non-hydrogen) atoms. The van der Waals surface area contributed by atoms with Crippen LogP contribution in [-0.2, 0) is 0 Å². The summed E-state index contributed by atoms with van der Waals surface area (Å²) in [6.45, 7) is 0.881. The summed E-state index contributed by atoms with van der Waals surface area (Å²) < 4.78 is 28.6. The van der Waals surface area contributed by atoms with E-state index in [1.165, 1.54) is 18.2 Å². The van der Waals surface area contributed by atoms with E-state index in [1.807, 2.05) is 0 Å². The normalized spacial score (nSPS) is 11.5. The first-order valence-electron chi connectivity index (χ1n) is 7.70. The Kier molecular flexibility index (Phi) is 6.22. The summed E-state index contributed by atoms with van der Waals surface area (Å²) in [6.07, 6.45) is -1.17. The number of nitrogens with zero attached hydrogens (tertiary/aromatic N) is 1. The lowest BCUT2D eigenvalue weighted by atomic mass is 10.1. The number of amides is 1. The molecule has 0 fully saturated rings. The van der Waals surface area contributed by atoms with Gasteiger partial charge in [0.2, 0.25) is 0 Å². The molecular weight excluding hydrogens is 344 g/mol. The van der Waals surface area contributed by atoms with Gasteiger partial charge in [-0.3, -0.25) is 4.79 Å².